The van der Waals surface area contributed by atoms with Gasteiger partial charge in [-0.2, -0.15) is 0 Å². The third-order valence-electron chi connectivity index (χ3n) is 5.52. The quantitative estimate of drug-likeness (QED) is 0.671. The maximum Gasteiger partial charge on any atom is 0.332 e. The van der Waals surface area contributed by atoms with Crippen LogP contribution in [0.1, 0.15) is 52.3 Å². The summed E-state index contributed by atoms with van der Waals surface area (Å²) in [5, 5.41) is 0. The van der Waals surface area contributed by atoms with Crippen LogP contribution in [-0.4, -0.2) is 48.9 Å². The second kappa shape index (κ2) is 8.61. The molecule has 0 spiro atoms. The van der Waals surface area contributed by atoms with E-state index in [1.54, 1.807) is 7.05 Å². The van der Waals surface area contributed by atoms with Crippen molar-refractivity contribution in [1.29, 1.82) is 0 Å². The first kappa shape index (κ1) is 20.8. The summed E-state index contributed by atoms with van der Waals surface area (Å²) in [5.74, 6) is 0.853. The first-order valence-electron chi connectivity index (χ1n) is 10.4. The molecule has 0 unspecified atom stereocenters. The molecule has 0 aromatic carbocycles. The van der Waals surface area contributed by atoms with Crippen LogP contribution in [0.5, 0.6) is 0 Å². The predicted octanol–water partition coefficient (Wildman–Crippen LogP) is 1.62. The summed E-state index contributed by atoms with van der Waals surface area (Å²) in [6, 6.07) is 0. The number of ether oxygens (including phenoxy) is 1. The maximum absolute atomic E-state index is 12.9. The lowest BCUT2D eigenvalue weighted by atomic mass is 10.2. The van der Waals surface area contributed by atoms with Gasteiger partial charge in [-0.1, -0.05) is 26.2 Å². The van der Waals surface area contributed by atoms with Crippen molar-refractivity contribution in [3.05, 3.63) is 26.7 Å². The number of aromatic nitrogens is 4. The van der Waals surface area contributed by atoms with Crippen LogP contribution in [0.25, 0.3) is 11.2 Å². The van der Waals surface area contributed by atoms with Gasteiger partial charge in [-0.3, -0.25) is 18.8 Å². The molecule has 0 aliphatic carbocycles. The molecule has 28 heavy (non-hydrogen) atoms. The number of nitrogens with zero attached hydrogens (tertiary/aromatic N) is 5. The minimum Gasteiger partial charge on any atom is -0.373 e. The van der Waals surface area contributed by atoms with E-state index in [4.69, 9.17) is 9.72 Å². The third-order valence-corrected chi connectivity index (χ3v) is 5.52. The van der Waals surface area contributed by atoms with Gasteiger partial charge in [0.15, 0.2) is 11.2 Å². The Morgan fingerprint density at radius 2 is 1.71 bits per heavy atom. The lowest BCUT2D eigenvalue weighted by Crippen LogP contribution is -2.45. The number of hydrogen-bond donors (Lipinski definition) is 0. The summed E-state index contributed by atoms with van der Waals surface area (Å²) in [6.07, 6.45) is 4.79. The van der Waals surface area contributed by atoms with Gasteiger partial charge in [0.25, 0.3) is 5.56 Å². The van der Waals surface area contributed by atoms with Crippen molar-refractivity contribution < 1.29 is 4.74 Å². The highest BCUT2D eigenvalue weighted by Crippen LogP contribution is 2.18. The van der Waals surface area contributed by atoms with Crippen LogP contribution in [0.2, 0.25) is 0 Å². The Hall–Kier alpha value is -1.93. The van der Waals surface area contributed by atoms with Crippen molar-refractivity contribution in [3.63, 3.8) is 0 Å². The van der Waals surface area contributed by atoms with Gasteiger partial charge in [-0.15, -0.1) is 0 Å². The van der Waals surface area contributed by atoms with Crippen molar-refractivity contribution in [2.75, 3.05) is 13.1 Å². The van der Waals surface area contributed by atoms with Crippen molar-refractivity contribution in [2.45, 2.75) is 71.8 Å². The molecule has 3 rings (SSSR count). The molecule has 156 valence electrons. The molecule has 0 saturated carbocycles. The topological polar surface area (TPSA) is 74.3 Å². The molecule has 1 saturated heterocycles. The van der Waals surface area contributed by atoms with E-state index >= 15 is 0 Å². The van der Waals surface area contributed by atoms with E-state index in [0.717, 1.165) is 44.7 Å². The highest BCUT2D eigenvalue weighted by Gasteiger charge is 2.25. The molecular formula is C20H33N5O3. The SMILES string of the molecule is CCCCCCn1c(CN2C[C@@H](C)O[C@H](C)C2)nc2c1c(=O)n(C)c(=O)n2C. The lowest BCUT2D eigenvalue weighted by Gasteiger charge is -2.35. The number of imidazole rings is 1. The molecule has 2 aromatic rings. The van der Waals surface area contributed by atoms with E-state index in [-0.39, 0.29) is 23.5 Å². The smallest absolute Gasteiger partial charge is 0.332 e. The second-order valence-electron chi connectivity index (χ2n) is 8.07. The summed E-state index contributed by atoms with van der Waals surface area (Å²) in [7, 11) is 3.21. The van der Waals surface area contributed by atoms with Crippen LogP contribution in [0.3, 0.4) is 0 Å². The lowest BCUT2D eigenvalue weighted by molar-refractivity contribution is -0.0712. The Bertz CT molecular complexity index is 932. The first-order chi connectivity index (χ1) is 13.3. The molecule has 1 fully saturated rings. The van der Waals surface area contributed by atoms with Crippen LogP contribution in [0.4, 0.5) is 0 Å². The Labute approximate surface area is 165 Å². The Balaban J connectivity index is 2.02. The number of aryl methyl sites for hydroxylation is 2. The highest BCUT2D eigenvalue weighted by atomic mass is 16.5. The zero-order valence-electron chi connectivity index (χ0n) is 17.8. The minimum atomic E-state index is -0.340. The number of unbranched alkanes of at least 4 members (excludes halogenated alkanes) is 3. The zero-order chi connectivity index (χ0) is 20.4. The van der Waals surface area contributed by atoms with E-state index in [1.165, 1.54) is 22.6 Å². The normalized spacial score (nSPS) is 20.9. The molecule has 2 atom stereocenters. The van der Waals surface area contributed by atoms with Crippen molar-refractivity contribution >= 4 is 11.2 Å². The molecule has 8 heteroatoms. The van der Waals surface area contributed by atoms with Gasteiger partial charge in [0, 0.05) is 33.7 Å². The van der Waals surface area contributed by atoms with Gasteiger partial charge in [0.05, 0.1) is 18.8 Å². The monoisotopic (exact) mass is 391 g/mol. The molecule has 0 N–H and O–H groups in total. The van der Waals surface area contributed by atoms with Crippen molar-refractivity contribution in [3.8, 4) is 0 Å². The van der Waals surface area contributed by atoms with E-state index in [9.17, 15) is 9.59 Å². The van der Waals surface area contributed by atoms with Crippen molar-refractivity contribution in [2.24, 2.45) is 14.1 Å². The van der Waals surface area contributed by atoms with Gasteiger partial charge in [-0.25, -0.2) is 9.78 Å². The van der Waals surface area contributed by atoms with Crippen LogP contribution in [0.15, 0.2) is 9.59 Å². The van der Waals surface area contributed by atoms with Gasteiger partial charge in [0.2, 0.25) is 0 Å². The molecule has 0 bridgehead atoms. The minimum absolute atomic E-state index is 0.170. The number of fused-ring (bicyclic) bond motifs is 1. The Morgan fingerprint density at radius 3 is 2.36 bits per heavy atom. The number of morpholine rings is 1. The first-order valence-corrected chi connectivity index (χ1v) is 10.4. The molecule has 8 nitrogen and oxygen atoms in total. The van der Waals surface area contributed by atoms with Gasteiger partial charge >= 0.3 is 5.69 Å². The molecular weight excluding hydrogens is 358 g/mol. The Kier molecular flexibility index (Phi) is 6.40. The fourth-order valence-corrected chi connectivity index (χ4v) is 4.16. The summed E-state index contributed by atoms with van der Waals surface area (Å²) >= 11 is 0. The highest BCUT2D eigenvalue weighted by molar-refractivity contribution is 5.71. The van der Waals surface area contributed by atoms with E-state index < -0.39 is 0 Å². The van der Waals surface area contributed by atoms with Gasteiger partial charge in [0.1, 0.15) is 5.82 Å². The summed E-state index contributed by atoms with van der Waals surface area (Å²) in [5.41, 5.74) is 0.405. The Morgan fingerprint density at radius 1 is 1.04 bits per heavy atom. The fourth-order valence-electron chi connectivity index (χ4n) is 4.16. The molecule has 0 radical (unpaired) electrons. The van der Waals surface area contributed by atoms with Crippen LogP contribution in [0, 0.1) is 0 Å². The predicted molar refractivity (Wildman–Crippen MR) is 110 cm³/mol. The molecule has 0 amide bonds. The van der Waals surface area contributed by atoms with Gasteiger partial charge in [-0.05, 0) is 20.3 Å². The van der Waals surface area contributed by atoms with E-state index in [0.29, 0.717) is 17.7 Å². The number of rotatable bonds is 7. The molecule has 1 aliphatic heterocycles. The maximum atomic E-state index is 12.9. The summed E-state index contributed by atoms with van der Waals surface area (Å²) in [6.45, 7) is 9.41. The third kappa shape index (κ3) is 4.07. The standard InChI is InChI=1S/C20H33N5O3/c1-6-7-8-9-10-25-16(13-24-11-14(2)28-15(3)12-24)21-18-17(25)19(26)23(5)20(27)22(18)4/h14-15H,6-13H2,1-5H3/t14-,15-/m1/s1. The molecule has 2 aromatic heterocycles. The van der Waals surface area contributed by atoms with Crippen LogP contribution < -0.4 is 11.2 Å². The average Bonchev–Trinajstić information content (AvgIpc) is 2.99. The fraction of sp³-hybridized carbons (Fsp3) is 0.750. The zero-order valence-corrected chi connectivity index (χ0v) is 17.8. The van der Waals surface area contributed by atoms with Crippen LogP contribution >= 0.6 is 0 Å². The van der Waals surface area contributed by atoms with Gasteiger partial charge < -0.3 is 9.30 Å². The molecule has 1 aliphatic rings. The number of hydrogen-bond acceptors (Lipinski definition) is 5. The summed E-state index contributed by atoms with van der Waals surface area (Å²) < 4.78 is 10.5. The van der Waals surface area contributed by atoms with E-state index in [2.05, 4.69) is 25.7 Å². The second-order valence-corrected chi connectivity index (χ2v) is 8.07. The summed E-state index contributed by atoms with van der Waals surface area (Å²) in [4.78, 5) is 32.3. The average molecular weight is 392 g/mol. The van der Waals surface area contributed by atoms with Crippen LogP contribution in [-0.2, 0) is 31.9 Å². The molecule has 3 heterocycles. The van der Waals surface area contributed by atoms with E-state index in [1.807, 2.05) is 4.57 Å². The largest absolute Gasteiger partial charge is 0.373 e. The van der Waals surface area contributed by atoms with Crippen molar-refractivity contribution in [1.82, 2.24) is 23.6 Å².